The lowest BCUT2D eigenvalue weighted by Gasteiger charge is -2.23. The first-order chi connectivity index (χ1) is 19.1. The van der Waals surface area contributed by atoms with Crippen molar-refractivity contribution in [3.8, 4) is 23.0 Å². The number of anilines is 2. The summed E-state index contributed by atoms with van der Waals surface area (Å²) in [7, 11) is 0. The fourth-order valence-corrected chi connectivity index (χ4v) is 4.76. The summed E-state index contributed by atoms with van der Waals surface area (Å²) in [6, 6.07) is 22.4. The van der Waals surface area contributed by atoms with Crippen molar-refractivity contribution in [3.05, 3.63) is 72.3 Å². The fourth-order valence-electron chi connectivity index (χ4n) is 4.76. The van der Waals surface area contributed by atoms with Gasteiger partial charge in [0.25, 0.3) is 0 Å². The van der Waals surface area contributed by atoms with E-state index in [4.69, 9.17) is 28.4 Å². The van der Waals surface area contributed by atoms with E-state index >= 15 is 0 Å². The van der Waals surface area contributed by atoms with Crippen LogP contribution in [0.25, 0.3) is 0 Å². The summed E-state index contributed by atoms with van der Waals surface area (Å²) in [4.78, 5) is 4.67. The molecule has 4 aliphatic heterocycles. The zero-order valence-corrected chi connectivity index (χ0v) is 22.2. The van der Waals surface area contributed by atoms with Crippen molar-refractivity contribution in [2.24, 2.45) is 0 Å². The van der Waals surface area contributed by atoms with Gasteiger partial charge in [-0.2, -0.15) is 0 Å². The molecule has 0 aromatic heterocycles. The minimum absolute atomic E-state index is 0.334. The quantitative estimate of drug-likeness (QED) is 0.276. The van der Waals surface area contributed by atoms with Gasteiger partial charge in [-0.05, 0) is 79.2 Å². The second-order valence-corrected chi connectivity index (χ2v) is 10.8. The number of nitrogens with zero attached hydrogens (tertiary/aromatic N) is 2. The van der Waals surface area contributed by atoms with Crippen LogP contribution in [0.5, 0.6) is 23.0 Å². The second kappa shape index (κ2) is 10.7. The molecule has 0 N–H and O–H groups in total. The molecule has 0 saturated carbocycles. The van der Waals surface area contributed by atoms with Crippen molar-refractivity contribution >= 4 is 11.4 Å². The van der Waals surface area contributed by atoms with Gasteiger partial charge in [0.2, 0.25) is 0 Å². The Kier molecular flexibility index (Phi) is 6.78. The summed E-state index contributed by atoms with van der Waals surface area (Å²) in [6.45, 7) is 9.00. The molecule has 4 heterocycles. The number of hydrogen-bond donors (Lipinski definition) is 0. The Labute approximate surface area is 228 Å². The summed E-state index contributed by atoms with van der Waals surface area (Å²) in [5, 5.41) is 0. The van der Waals surface area contributed by atoms with Crippen LogP contribution in [0.2, 0.25) is 0 Å². The zero-order chi connectivity index (χ0) is 26.2. The van der Waals surface area contributed by atoms with Gasteiger partial charge < -0.3 is 38.2 Å². The molecule has 3 aromatic rings. The summed E-state index contributed by atoms with van der Waals surface area (Å²) >= 11 is 0. The average Bonchev–Trinajstić information content (AvgIpc) is 3.74. The van der Waals surface area contributed by atoms with Crippen LogP contribution in [0.1, 0.15) is 5.56 Å². The Bertz CT molecular complexity index is 1240. The van der Waals surface area contributed by atoms with Crippen LogP contribution >= 0.6 is 0 Å². The highest BCUT2D eigenvalue weighted by Gasteiger charge is 2.32. The summed E-state index contributed by atoms with van der Waals surface area (Å²) in [5.41, 5.74) is 3.32. The number of aryl methyl sites for hydroxylation is 1. The van der Waals surface area contributed by atoms with Crippen molar-refractivity contribution in [1.82, 2.24) is 0 Å². The Morgan fingerprint density at radius 3 is 1.33 bits per heavy atom. The highest BCUT2D eigenvalue weighted by Crippen LogP contribution is 2.33. The van der Waals surface area contributed by atoms with Crippen molar-refractivity contribution in [2.45, 2.75) is 31.3 Å². The smallest absolute Gasteiger partial charge is 0.130 e. The molecule has 4 atom stereocenters. The van der Waals surface area contributed by atoms with Gasteiger partial charge in [-0.15, -0.1) is 0 Å². The van der Waals surface area contributed by atoms with Crippen LogP contribution in [-0.2, 0) is 18.9 Å². The molecule has 39 heavy (non-hydrogen) atoms. The fraction of sp³-hybridized carbons (Fsp3) is 0.419. The van der Waals surface area contributed by atoms with Crippen LogP contribution in [0.3, 0.4) is 0 Å². The van der Waals surface area contributed by atoms with E-state index in [1.807, 2.05) is 49.4 Å². The van der Waals surface area contributed by atoms with Crippen LogP contribution in [-0.4, -0.2) is 77.0 Å². The highest BCUT2D eigenvalue weighted by atomic mass is 16.6. The first-order valence-electron chi connectivity index (χ1n) is 13.8. The van der Waals surface area contributed by atoms with E-state index < -0.39 is 0 Å². The van der Waals surface area contributed by atoms with E-state index in [0.29, 0.717) is 24.4 Å². The third kappa shape index (κ3) is 6.83. The van der Waals surface area contributed by atoms with E-state index in [2.05, 4.69) is 34.1 Å². The zero-order valence-electron chi connectivity index (χ0n) is 22.2. The molecular weight excluding hydrogens is 496 g/mol. The maximum absolute atomic E-state index is 6.20. The Hall–Kier alpha value is -3.30. The van der Waals surface area contributed by atoms with Gasteiger partial charge >= 0.3 is 0 Å². The topological polar surface area (TPSA) is 75.1 Å². The minimum atomic E-state index is 0.334. The summed E-state index contributed by atoms with van der Waals surface area (Å²) in [5.74, 6) is 3.18. The SMILES string of the molecule is Cc1cc(Oc2ccc(N(CC3CO3)CC3CO3)cc2)ccc1Oc1ccc(N(CC2CO2)CC2CO2)cc1. The normalized spacial score (nSPS) is 24.1. The molecule has 204 valence electrons. The maximum Gasteiger partial charge on any atom is 0.130 e. The van der Waals surface area contributed by atoms with Gasteiger partial charge in [0.15, 0.2) is 0 Å². The van der Waals surface area contributed by atoms with E-state index in [0.717, 1.165) is 92.5 Å². The van der Waals surface area contributed by atoms with Gasteiger partial charge in [-0.1, -0.05) is 0 Å². The molecule has 4 saturated heterocycles. The minimum Gasteiger partial charge on any atom is -0.457 e. The predicted octanol–water partition coefficient (Wildman–Crippen LogP) is 4.79. The molecule has 4 unspecified atom stereocenters. The molecule has 4 fully saturated rings. The second-order valence-electron chi connectivity index (χ2n) is 10.8. The molecule has 0 bridgehead atoms. The first kappa shape index (κ1) is 24.7. The molecule has 0 aliphatic carbocycles. The average molecular weight is 531 g/mol. The number of ether oxygens (including phenoxy) is 6. The molecule has 0 amide bonds. The predicted molar refractivity (Wildman–Crippen MR) is 148 cm³/mol. The number of benzene rings is 3. The number of epoxide rings is 4. The van der Waals surface area contributed by atoms with E-state index in [1.54, 1.807) is 0 Å². The van der Waals surface area contributed by atoms with Crippen LogP contribution < -0.4 is 19.3 Å². The standard InChI is InChI=1S/C31H34N2O6/c1-21-12-26(38-24-6-2-22(3-7-24)32(13-27-17-34-27)14-28-18-35-28)10-11-31(21)39-25-8-4-23(5-9-25)33(15-29-19-36-29)16-30-20-37-30/h2-12,27-30H,13-20H2,1H3. The van der Waals surface area contributed by atoms with Crippen molar-refractivity contribution in [3.63, 3.8) is 0 Å². The summed E-state index contributed by atoms with van der Waals surface area (Å²) in [6.07, 6.45) is 1.34. The van der Waals surface area contributed by atoms with Crippen molar-refractivity contribution in [2.75, 3.05) is 62.4 Å². The molecule has 8 nitrogen and oxygen atoms in total. The lowest BCUT2D eigenvalue weighted by atomic mass is 10.2. The van der Waals surface area contributed by atoms with E-state index in [1.165, 1.54) is 0 Å². The first-order valence-corrected chi connectivity index (χ1v) is 13.8. The third-order valence-electron chi connectivity index (χ3n) is 7.32. The van der Waals surface area contributed by atoms with Crippen LogP contribution in [0.15, 0.2) is 66.7 Å². The van der Waals surface area contributed by atoms with Gasteiger partial charge in [-0.3, -0.25) is 0 Å². The molecular formula is C31H34N2O6. The molecule has 3 aromatic carbocycles. The van der Waals surface area contributed by atoms with E-state index in [9.17, 15) is 0 Å². The third-order valence-corrected chi connectivity index (χ3v) is 7.32. The number of hydrogen-bond acceptors (Lipinski definition) is 8. The number of rotatable bonds is 14. The van der Waals surface area contributed by atoms with Crippen molar-refractivity contribution < 1.29 is 28.4 Å². The molecule has 8 heteroatoms. The largest absolute Gasteiger partial charge is 0.457 e. The van der Waals surface area contributed by atoms with Crippen molar-refractivity contribution in [1.29, 1.82) is 0 Å². The van der Waals surface area contributed by atoms with Crippen LogP contribution in [0, 0.1) is 6.92 Å². The Balaban J connectivity index is 0.966. The maximum atomic E-state index is 6.20. The Morgan fingerprint density at radius 2 is 0.949 bits per heavy atom. The lowest BCUT2D eigenvalue weighted by Crippen LogP contribution is -2.31. The van der Waals surface area contributed by atoms with Crippen LogP contribution in [0.4, 0.5) is 11.4 Å². The highest BCUT2D eigenvalue weighted by molar-refractivity contribution is 5.52. The molecule has 0 spiro atoms. The molecule has 0 radical (unpaired) electrons. The lowest BCUT2D eigenvalue weighted by molar-refractivity contribution is 0.388. The summed E-state index contributed by atoms with van der Waals surface area (Å²) < 4.78 is 34.1. The molecule has 4 aliphatic rings. The van der Waals surface area contributed by atoms with Gasteiger partial charge in [0.05, 0.1) is 50.8 Å². The molecule has 7 rings (SSSR count). The monoisotopic (exact) mass is 530 g/mol. The Morgan fingerprint density at radius 1 is 0.564 bits per heavy atom. The van der Waals surface area contributed by atoms with Gasteiger partial charge in [0, 0.05) is 37.6 Å². The van der Waals surface area contributed by atoms with E-state index in [-0.39, 0.29) is 0 Å². The van der Waals surface area contributed by atoms with Gasteiger partial charge in [-0.25, -0.2) is 0 Å². The van der Waals surface area contributed by atoms with Gasteiger partial charge in [0.1, 0.15) is 23.0 Å².